The van der Waals surface area contributed by atoms with Crippen LogP contribution in [0.2, 0.25) is 0 Å². The minimum atomic E-state index is 0.608. The average Bonchev–Trinajstić information content (AvgIpc) is 2.68. The smallest absolute Gasteiger partial charge is 0.0326 e. The number of fused-ring (bicyclic) bond motifs is 1. The van der Waals surface area contributed by atoms with E-state index in [9.17, 15) is 0 Å². The van der Waals surface area contributed by atoms with Gasteiger partial charge in [0.25, 0.3) is 0 Å². The largest absolute Gasteiger partial charge is 0.310 e. The molecule has 0 heterocycles. The lowest BCUT2D eigenvalue weighted by atomic mass is 9.98. The molecule has 1 nitrogen and oxygen atoms in total. The summed E-state index contributed by atoms with van der Waals surface area (Å²) < 4.78 is 0. The normalized spacial score (nSPS) is 18.7. The maximum Gasteiger partial charge on any atom is 0.0326 e. The lowest BCUT2D eigenvalue weighted by Crippen LogP contribution is -2.19. The summed E-state index contributed by atoms with van der Waals surface area (Å²) in [6.07, 6.45) is 4.95. The van der Waals surface area contributed by atoms with E-state index < -0.39 is 0 Å². The Labute approximate surface area is 106 Å². The molecule has 1 heteroatoms. The zero-order chi connectivity index (χ0) is 12.3. The number of hydrogen-bond donors (Lipinski definition) is 1. The van der Waals surface area contributed by atoms with Crippen LogP contribution in [0, 0.1) is 5.92 Å². The summed E-state index contributed by atoms with van der Waals surface area (Å²) >= 11 is 0. The molecule has 1 N–H and O–H groups in total. The van der Waals surface area contributed by atoms with Gasteiger partial charge in [-0.05, 0) is 54.8 Å². The average molecular weight is 231 g/mol. The lowest BCUT2D eigenvalue weighted by molar-refractivity contribution is 0.528. The molecule has 0 aliphatic heterocycles. The van der Waals surface area contributed by atoms with Gasteiger partial charge in [-0.25, -0.2) is 0 Å². The van der Waals surface area contributed by atoms with Gasteiger partial charge in [0, 0.05) is 6.04 Å². The van der Waals surface area contributed by atoms with Crippen LogP contribution in [0.1, 0.15) is 56.3 Å². The first kappa shape index (κ1) is 12.6. The fourth-order valence-electron chi connectivity index (χ4n) is 2.78. The summed E-state index contributed by atoms with van der Waals surface area (Å²) in [6, 6.07) is 7.72. The van der Waals surface area contributed by atoms with Crippen molar-refractivity contribution in [1.29, 1.82) is 0 Å². The Morgan fingerprint density at radius 2 is 2.18 bits per heavy atom. The monoisotopic (exact) mass is 231 g/mol. The predicted molar refractivity (Wildman–Crippen MR) is 74.3 cm³/mol. The fraction of sp³-hybridized carbons (Fsp3) is 0.625. The van der Waals surface area contributed by atoms with Crippen molar-refractivity contribution < 1.29 is 0 Å². The molecule has 0 fully saturated rings. The van der Waals surface area contributed by atoms with Crippen LogP contribution in [0.5, 0.6) is 0 Å². The van der Waals surface area contributed by atoms with Crippen LogP contribution < -0.4 is 5.32 Å². The third-order valence-electron chi connectivity index (χ3n) is 3.57. The van der Waals surface area contributed by atoms with Gasteiger partial charge in [-0.2, -0.15) is 0 Å². The van der Waals surface area contributed by atoms with E-state index in [0.717, 1.165) is 12.5 Å². The Morgan fingerprint density at radius 3 is 2.88 bits per heavy atom. The Bertz CT molecular complexity index is 368. The quantitative estimate of drug-likeness (QED) is 0.811. The van der Waals surface area contributed by atoms with Crippen LogP contribution in [0.3, 0.4) is 0 Å². The number of benzene rings is 1. The Morgan fingerprint density at radius 1 is 1.35 bits per heavy atom. The molecule has 0 radical (unpaired) electrons. The Kier molecular flexibility index (Phi) is 4.22. The highest BCUT2D eigenvalue weighted by molar-refractivity contribution is 5.38. The first-order valence-electron chi connectivity index (χ1n) is 7.05. The van der Waals surface area contributed by atoms with Crippen LogP contribution in [0.4, 0.5) is 0 Å². The molecule has 2 rings (SSSR count). The summed E-state index contributed by atoms with van der Waals surface area (Å²) in [7, 11) is 0. The summed E-state index contributed by atoms with van der Waals surface area (Å²) in [5.74, 6) is 0.747. The fourth-order valence-corrected chi connectivity index (χ4v) is 2.78. The number of aryl methyl sites for hydroxylation is 1. The van der Waals surface area contributed by atoms with E-state index >= 15 is 0 Å². The van der Waals surface area contributed by atoms with E-state index in [1.807, 2.05) is 0 Å². The van der Waals surface area contributed by atoms with Crippen LogP contribution >= 0.6 is 0 Å². The molecule has 1 atom stereocenters. The molecule has 0 aromatic heterocycles. The summed E-state index contributed by atoms with van der Waals surface area (Å²) in [5.41, 5.74) is 4.63. The first-order valence-corrected chi connectivity index (χ1v) is 7.05. The van der Waals surface area contributed by atoms with E-state index in [2.05, 4.69) is 44.3 Å². The van der Waals surface area contributed by atoms with Gasteiger partial charge in [0.2, 0.25) is 0 Å². The highest BCUT2D eigenvalue weighted by atomic mass is 14.9. The topological polar surface area (TPSA) is 12.0 Å². The minimum absolute atomic E-state index is 0.608. The second-order valence-corrected chi connectivity index (χ2v) is 5.68. The second-order valence-electron chi connectivity index (χ2n) is 5.68. The van der Waals surface area contributed by atoms with Gasteiger partial charge in [-0.15, -0.1) is 0 Å². The van der Waals surface area contributed by atoms with Gasteiger partial charge in [0.15, 0.2) is 0 Å². The number of nitrogens with one attached hydrogen (secondary N) is 1. The van der Waals surface area contributed by atoms with Crippen LogP contribution in [0.25, 0.3) is 0 Å². The summed E-state index contributed by atoms with van der Waals surface area (Å²) in [6.45, 7) is 7.96. The van der Waals surface area contributed by atoms with Crippen LogP contribution in [-0.2, 0) is 12.8 Å². The van der Waals surface area contributed by atoms with Gasteiger partial charge < -0.3 is 5.32 Å². The van der Waals surface area contributed by atoms with Crippen molar-refractivity contribution in [3.05, 3.63) is 34.9 Å². The van der Waals surface area contributed by atoms with Crippen molar-refractivity contribution in [3.8, 4) is 0 Å². The molecule has 0 bridgehead atoms. The number of rotatable bonds is 5. The van der Waals surface area contributed by atoms with Crippen molar-refractivity contribution in [1.82, 2.24) is 5.32 Å². The van der Waals surface area contributed by atoms with E-state index in [4.69, 9.17) is 0 Å². The highest BCUT2D eigenvalue weighted by Gasteiger charge is 2.21. The van der Waals surface area contributed by atoms with Gasteiger partial charge in [-0.1, -0.05) is 39.0 Å². The lowest BCUT2D eigenvalue weighted by Gasteiger charge is -2.15. The van der Waals surface area contributed by atoms with E-state index in [1.54, 1.807) is 11.1 Å². The van der Waals surface area contributed by atoms with Crippen LogP contribution in [-0.4, -0.2) is 6.54 Å². The maximum atomic E-state index is 3.67. The summed E-state index contributed by atoms with van der Waals surface area (Å²) in [4.78, 5) is 0. The third-order valence-corrected chi connectivity index (χ3v) is 3.57. The molecule has 1 aliphatic carbocycles. The second kappa shape index (κ2) is 5.68. The van der Waals surface area contributed by atoms with Crippen molar-refractivity contribution >= 4 is 0 Å². The highest BCUT2D eigenvalue weighted by Crippen LogP contribution is 2.32. The molecule has 1 aromatic rings. The standard InChI is InChI=1S/C16H25N/c1-4-9-17-16-8-7-14-6-5-13(10-12(2)3)11-15(14)16/h5-6,11-12,16-17H,4,7-10H2,1-3H3. The zero-order valence-electron chi connectivity index (χ0n) is 11.4. The molecular formula is C16H25N. The SMILES string of the molecule is CCCNC1CCc2ccc(CC(C)C)cc21. The molecule has 1 aromatic carbocycles. The molecular weight excluding hydrogens is 206 g/mol. The summed E-state index contributed by atoms with van der Waals surface area (Å²) in [5, 5.41) is 3.67. The van der Waals surface area contributed by atoms with E-state index in [1.165, 1.54) is 31.2 Å². The minimum Gasteiger partial charge on any atom is -0.310 e. The molecule has 0 amide bonds. The third kappa shape index (κ3) is 3.10. The van der Waals surface area contributed by atoms with Gasteiger partial charge in [0.1, 0.15) is 0 Å². The van der Waals surface area contributed by atoms with Gasteiger partial charge in [-0.3, -0.25) is 0 Å². The molecule has 17 heavy (non-hydrogen) atoms. The van der Waals surface area contributed by atoms with Crippen molar-refractivity contribution in [3.63, 3.8) is 0 Å². The first-order chi connectivity index (χ1) is 8.20. The molecule has 1 aliphatic rings. The Balaban J connectivity index is 2.12. The zero-order valence-corrected chi connectivity index (χ0v) is 11.4. The van der Waals surface area contributed by atoms with Crippen molar-refractivity contribution in [2.24, 2.45) is 5.92 Å². The van der Waals surface area contributed by atoms with Gasteiger partial charge in [0.05, 0.1) is 0 Å². The maximum absolute atomic E-state index is 3.67. The van der Waals surface area contributed by atoms with Crippen molar-refractivity contribution in [2.45, 2.75) is 52.5 Å². The molecule has 0 saturated carbocycles. The molecule has 0 spiro atoms. The molecule has 1 unspecified atom stereocenters. The van der Waals surface area contributed by atoms with Crippen molar-refractivity contribution in [2.75, 3.05) is 6.54 Å². The molecule has 94 valence electrons. The van der Waals surface area contributed by atoms with E-state index in [-0.39, 0.29) is 0 Å². The van der Waals surface area contributed by atoms with Crippen LogP contribution in [0.15, 0.2) is 18.2 Å². The molecule has 0 saturated heterocycles. The van der Waals surface area contributed by atoms with E-state index in [0.29, 0.717) is 6.04 Å². The number of hydrogen-bond acceptors (Lipinski definition) is 1. The Hall–Kier alpha value is -0.820. The predicted octanol–water partition coefficient (Wildman–Crippen LogP) is 3.87. The van der Waals surface area contributed by atoms with Gasteiger partial charge >= 0.3 is 0 Å².